The quantitative estimate of drug-likeness (QED) is 0.116. The molecule has 3 aliphatic rings. The number of imidazole rings is 1. The smallest absolute Gasteiger partial charge is 0.213 e. The molecule has 0 saturated carbocycles. The number of allylic oxidation sites excluding steroid dienone is 8. The third kappa shape index (κ3) is 12.1. The van der Waals surface area contributed by atoms with E-state index in [2.05, 4.69) is 210 Å². The van der Waals surface area contributed by atoms with Gasteiger partial charge in [-0.25, -0.2) is 4.98 Å². The summed E-state index contributed by atoms with van der Waals surface area (Å²) in [4.78, 5) is 14.8. The standard InChI is InChI=1S/C76H75B2N8O.Pt/c1-73(2,3)50-42-56(60-27-24-40-79-38-22-20-36-77-60)71(57(43-50)61-28-25-41-80-39-23-21-37-78-61)85-49-84(66-32-18-19-33-67(66)85)52-46-63(70-58(75(7,8)9)44-51(74(4,5)6)45-59(70)76(10,11)12)81-69(47-52)87-53-34-35-55-54-26-14-16-30-64(54)86(68(55)48-53)72-82-62-29-15-17-31-65(62)83(72)13;/h14-46,49,79-80H,1-13H3;/q-3;/b36-20-,37-21-,38-22-,39-23-,40-24-,41-25-,60-27-,61-28-;/i13D3,14D,16D,26D,30D;. The predicted molar refractivity (Wildman–Crippen MR) is 367 cm³/mol. The number of ether oxygens (including phenoxy) is 1. The Morgan fingerprint density at radius 3 is 1.78 bits per heavy atom. The number of pyridine rings is 1. The number of para-hydroxylation sites is 5. The molecule has 2 radical (unpaired) electrons. The average molecular weight is 1340 g/mol. The van der Waals surface area contributed by atoms with Gasteiger partial charge in [0.15, 0.2) is 14.6 Å². The molecule has 0 fully saturated rings. The number of aromatic nitrogens is 4. The van der Waals surface area contributed by atoms with Crippen molar-refractivity contribution in [3.8, 4) is 28.8 Å². The minimum Gasteiger partial charge on any atom is -0.503 e. The van der Waals surface area contributed by atoms with E-state index in [1.165, 1.54) is 10.1 Å². The number of nitrogens with one attached hydrogen (secondary N) is 2. The molecule has 0 atom stereocenters. The molecule has 3 aromatic heterocycles. The Morgan fingerprint density at radius 1 is 0.591 bits per heavy atom. The first-order valence-corrected chi connectivity index (χ1v) is 29.6. The third-order valence-corrected chi connectivity index (χ3v) is 15.9. The van der Waals surface area contributed by atoms with Crippen LogP contribution in [0.25, 0.3) is 61.0 Å². The number of hydrogen-bond donors (Lipinski definition) is 2. The fourth-order valence-corrected chi connectivity index (χ4v) is 11.3. The van der Waals surface area contributed by atoms with Crippen molar-refractivity contribution in [2.45, 2.75) is 105 Å². The number of anilines is 4. The minimum absolute atomic E-state index is 0. The summed E-state index contributed by atoms with van der Waals surface area (Å²) < 4.78 is 72.6. The minimum atomic E-state index is -2.77. The van der Waals surface area contributed by atoms with Crippen molar-refractivity contribution in [3.05, 3.63) is 253 Å². The van der Waals surface area contributed by atoms with Crippen LogP contribution in [0.15, 0.2) is 201 Å². The van der Waals surface area contributed by atoms with Gasteiger partial charge in [-0.1, -0.05) is 178 Å². The molecule has 9 aromatic rings. The van der Waals surface area contributed by atoms with Crippen molar-refractivity contribution in [2.24, 2.45) is 6.98 Å². The normalized spacial score (nSPS) is 19.3. The Bertz CT molecular complexity index is 4680. The monoisotopic (exact) mass is 1340 g/mol. The molecular formula is C76H75B2N8OPt-3. The summed E-state index contributed by atoms with van der Waals surface area (Å²) in [7, 11) is 4.31. The van der Waals surface area contributed by atoms with E-state index >= 15 is 0 Å². The van der Waals surface area contributed by atoms with Crippen LogP contribution in [0, 0.1) is 18.8 Å². The van der Waals surface area contributed by atoms with Gasteiger partial charge >= 0.3 is 0 Å². The second-order valence-corrected chi connectivity index (χ2v) is 26.3. The molecule has 3 aliphatic heterocycles. The molecule has 88 heavy (non-hydrogen) atoms. The molecule has 9 nitrogen and oxygen atoms in total. The maximum Gasteiger partial charge on any atom is 0.213 e. The van der Waals surface area contributed by atoms with Crippen LogP contribution in [0.2, 0.25) is 0 Å². The Hall–Kier alpha value is -8.52. The first-order chi connectivity index (χ1) is 44.5. The average Bonchev–Trinajstić information content (AvgIpc) is 1.55. The SMILES string of the molecule is [2H]c1c([2H])c([2H])c2c(c1[2H])c1ccc(Oc3[c-]c(N4[CH-]N(c5c(/C6=C/C=C\N/C=C\C=C/[B]6)cc(C(C)(C)C)cc5/C5=C/C=C\N/C=C\C=C/[B]5)c5ccccc54)cc(-c4c(C(C)(C)C)cc(C(C)(C)C)cc4C(C)(C)C)n3)[c-]c1n2-c1nc2ccccc2n1C([2H])([2H])[2H].[Pt]. The zero-order valence-corrected chi connectivity index (χ0v) is 54.2. The van der Waals surface area contributed by atoms with Gasteiger partial charge in [-0.2, -0.15) is 23.9 Å². The number of rotatable bonds is 8. The van der Waals surface area contributed by atoms with Crippen LogP contribution in [0.1, 0.15) is 126 Å². The van der Waals surface area contributed by atoms with Crippen LogP contribution in [-0.2, 0) is 49.7 Å². The van der Waals surface area contributed by atoms with Gasteiger partial charge in [0.2, 0.25) is 5.95 Å². The van der Waals surface area contributed by atoms with Gasteiger partial charge in [-0.05, 0) is 138 Å². The van der Waals surface area contributed by atoms with Crippen LogP contribution in [-0.4, -0.2) is 33.7 Å². The summed E-state index contributed by atoms with van der Waals surface area (Å²) in [6.07, 6.45) is 23.9. The molecule has 444 valence electrons. The number of aryl methyl sites for hydroxylation is 1. The van der Waals surface area contributed by atoms with E-state index in [0.29, 0.717) is 27.8 Å². The Morgan fingerprint density at radius 2 is 1.17 bits per heavy atom. The molecular weight excluding hydrogens is 1260 g/mol. The van der Waals surface area contributed by atoms with Gasteiger partial charge in [-0.3, -0.25) is 4.98 Å². The molecule has 0 amide bonds. The van der Waals surface area contributed by atoms with Crippen LogP contribution >= 0.6 is 0 Å². The van der Waals surface area contributed by atoms with E-state index in [4.69, 9.17) is 21.6 Å². The van der Waals surface area contributed by atoms with Crippen LogP contribution < -0.4 is 25.2 Å². The van der Waals surface area contributed by atoms with Gasteiger partial charge < -0.3 is 34.3 Å². The van der Waals surface area contributed by atoms with Gasteiger partial charge in [0, 0.05) is 85.3 Å². The molecule has 12 rings (SSSR count). The second kappa shape index (κ2) is 24.2. The van der Waals surface area contributed by atoms with Crippen LogP contribution in [0.3, 0.4) is 0 Å². The first kappa shape index (κ1) is 52.6. The molecule has 0 unspecified atom stereocenters. The van der Waals surface area contributed by atoms with Gasteiger partial charge in [0.1, 0.15) is 5.88 Å². The van der Waals surface area contributed by atoms with Crippen molar-refractivity contribution >= 4 is 81.1 Å². The summed E-state index contributed by atoms with van der Waals surface area (Å²) in [5.41, 5.74) is 13.1. The largest absolute Gasteiger partial charge is 0.503 e. The summed E-state index contributed by atoms with van der Waals surface area (Å²) >= 11 is 0. The third-order valence-electron chi connectivity index (χ3n) is 15.9. The van der Waals surface area contributed by atoms with E-state index in [9.17, 15) is 2.74 Å². The van der Waals surface area contributed by atoms with E-state index in [-0.39, 0.29) is 88.8 Å². The zero-order valence-electron chi connectivity index (χ0n) is 58.9. The number of nitrogens with zero attached hydrogens (tertiary/aromatic N) is 6. The fourth-order valence-electron chi connectivity index (χ4n) is 11.3. The summed E-state index contributed by atoms with van der Waals surface area (Å²) in [5, 5.41) is 7.07. The van der Waals surface area contributed by atoms with Crippen LogP contribution in [0.4, 0.5) is 22.7 Å². The predicted octanol–water partition coefficient (Wildman–Crippen LogP) is 18.1. The zero-order chi connectivity index (χ0) is 67.0. The first-order valence-electron chi connectivity index (χ1n) is 33.1. The van der Waals surface area contributed by atoms with E-state index < -0.39 is 19.1 Å². The van der Waals surface area contributed by atoms with Crippen molar-refractivity contribution in [3.63, 3.8) is 0 Å². The summed E-state index contributed by atoms with van der Waals surface area (Å²) in [6, 6.07) is 35.5. The maximum atomic E-state index is 9.38. The summed E-state index contributed by atoms with van der Waals surface area (Å²) in [6.45, 7) is 26.2. The van der Waals surface area contributed by atoms with Crippen molar-refractivity contribution < 1.29 is 35.4 Å². The number of fused-ring (bicyclic) bond motifs is 5. The van der Waals surface area contributed by atoms with Crippen molar-refractivity contribution in [1.29, 1.82) is 0 Å². The van der Waals surface area contributed by atoms with Gasteiger partial charge in [-0.15, -0.1) is 36.1 Å². The van der Waals surface area contributed by atoms with E-state index in [0.717, 1.165) is 66.0 Å². The van der Waals surface area contributed by atoms with E-state index in [1.54, 1.807) is 36.4 Å². The maximum absolute atomic E-state index is 9.38. The summed E-state index contributed by atoms with van der Waals surface area (Å²) in [5.74, 6) is 4.28. The molecule has 6 heterocycles. The molecule has 6 aromatic carbocycles. The second-order valence-electron chi connectivity index (χ2n) is 26.3. The van der Waals surface area contributed by atoms with Crippen molar-refractivity contribution in [1.82, 2.24) is 29.7 Å². The van der Waals surface area contributed by atoms with Gasteiger partial charge in [0.05, 0.1) is 16.5 Å². The molecule has 2 N–H and O–H groups in total. The van der Waals surface area contributed by atoms with E-state index in [1.807, 2.05) is 67.3 Å². The fraction of sp³-hybridized carbons (Fsp3) is 0.224. The van der Waals surface area contributed by atoms with Crippen LogP contribution in [0.5, 0.6) is 11.6 Å². The molecule has 0 aliphatic carbocycles. The van der Waals surface area contributed by atoms with Crippen molar-refractivity contribution in [2.75, 3.05) is 9.80 Å². The Balaban J connectivity index is 0.00000919. The molecule has 12 heteroatoms. The molecule has 0 bridgehead atoms. The Kier molecular flexibility index (Phi) is 14.5. The topological polar surface area (TPSA) is 75.4 Å². The molecule has 0 spiro atoms. The van der Waals surface area contributed by atoms with Gasteiger partial charge in [0.25, 0.3) is 0 Å². The Labute approximate surface area is 546 Å². The number of benzene rings is 6. The number of hydrogen-bond acceptors (Lipinski definition) is 7. The molecule has 0 saturated heterocycles.